The monoisotopic (exact) mass is 255 g/mol. The first-order chi connectivity index (χ1) is 9.16. The first kappa shape index (κ1) is 13.6. The summed E-state index contributed by atoms with van der Waals surface area (Å²) in [6, 6.07) is 16.7. The van der Waals surface area contributed by atoms with Crippen LogP contribution in [0, 0.1) is 6.92 Å². The van der Waals surface area contributed by atoms with Crippen LogP contribution in [0.2, 0.25) is 0 Å². The van der Waals surface area contributed by atoms with Crippen molar-refractivity contribution in [3.8, 4) is 5.75 Å². The molecule has 0 aliphatic rings. The summed E-state index contributed by atoms with van der Waals surface area (Å²) in [5.41, 5.74) is 3.21. The van der Waals surface area contributed by atoms with Crippen LogP contribution in [0.25, 0.3) is 0 Å². The third-order valence-electron chi connectivity index (χ3n) is 3.35. The molecule has 0 bridgehead atoms. The van der Waals surface area contributed by atoms with E-state index in [0.717, 1.165) is 17.5 Å². The molecule has 0 aromatic heterocycles. The molecule has 1 atom stereocenters. The summed E-state index contributed by atoms with van der Waals surface area (Å²) in [4.78, 5) is 0. The highest BCUT2D eigenvalue weighted by atomic mass is 16.3. The SMILES string of the molecule is Cc1cccc(CNC(C)Cc2ccccc2)c1O. The Morgan fingerprint density at radius 2 is 1.79 bits per heavy atom. The smallest absolute Gasteiger partial charge is 0.122 e. The van der Waals surface area contributed by atoms with Gasteiger partial charge in [0.2, 0.25) is 0 Å². The predicted molar refractivity (Wildman–Crippen MR) is 79.3 cm³/mol. The van der Waals surface area contributed by atoms with Gasteiger partial charge in [0.05, 0.1) is 0 Å². The van der Waals surface area contributed by atoms with Crippen LogP contribution in [0.5, 0.6) is 5.75 Å². The average Bonchev–Trinajstić information content (AvgIpc) is 2.42. The van der Waals surface area contributed by atoms with Crippen molar-refractivity contribution in [2.24, 2.45) is 0 Å². The molecule has 19 heavy (non-hydrogen) atoms. The van der Waals surface area contributed by atoms with Crippen LogP contribution in [0.4, 0.5) is 0 Å². The van der Waals surface area contributed by atoms with Gasteiger partial charge >= 0.3 is 0 Å². The summed E-state index contributed by atoms with van der Waals surface area (Å²) >= 11 is 0. The van der Waals surface area contributed by atoms with E-state index in [1.54, 1.807) is 0 Å². The van der Waals surface area contributed by atoms with E-state index in [1.807, 2.05) is 31.2 Å². The maximum Gasteiger partial charge on any atom is 0.122 e. The zero-order valence-electron chi connectivity index (χ0n) is 11.6. The number of aromatic hydroxyl groups is 1. The number of para-hydroxylation sites is 1. The van der Waals surface area contributed by atoms with Crippen molar-refractivity contribution in [1.82, 2.24) is 5.32 Å². The molecule has 2 rings (SSSR count). The molecule has 0 spiro atoms. The van der Waals surface area contributed by atoms with Crippen molar-refractivity contribution in [3.05, 3.63) is 65.2 Å². The lowest BCUT2D eigenvalue weighted by molar-refractivity contribution is 0.455. The summed E-state index contributed by atoms with van der Waals surface area (Å²) < 4.78 is 0. The molecule has 0 saturated heterocycles. The fraction of sp³-hybridized carbons (Fsp3) is 0.294. The minimum Gasteiger partial charge on any atom is -0.507 e. The molecule has 2 heteroatoms. The molecule has 2 aromatic rings. The van der Waals surface area contributed by atoms with Crippen LogP contribution in [-0.4, -0.2) is 11.1 Å². The molecule has 0 saturated carbocycles. The molecule has 0 heterocycles. The van der Waals surface area contributed by atoms with Gasteiger partial charge in [0, 0.05) is 18.2 Å². The van der Waals surface area contributed by atoms with Crippen LogP contribution in [-0.2, 0) is 13.0 Å². The highest BCUT2D eigenvalue weighted by Crippen LogP contribution is 2.21. The minimum atomic E-state index is 0.377. The minimum absolute atomic E-state index is 0.377. The molecule has 0 fully saturated rings. The Morgan fingerprint density at radius 3 is 2.53 bits per heavy atom. The molecule has 100 valence electrons. The molecule has 0 aliphatic carbocycles. The molecule has 0 radical (unpaired) electrons. The van der Waals surface area contributed by atoms with Crippen molar-refractivity contribution >= 4 is 0 Å². The Balaban J connectivity index is 1.90. The lowest BCUT2D eigenvalue weighted by Crippen LogP contribution is -2.27. The van der Waals surface area contributed by atoms with Gasteiger partial charge < -0.3 is 10.4 Å². The lowest BCUT2D eigenvalue weighted by Gasteiger charge is -2.15. The molecule has 2 N–H and O–H groups in total. The van der Waals surface area contributed by atoms with E-state index in [2.05, 4.69) is 36.5 Å². The highest BCUT2D eigenvalue weighted by molar-refractivity contribution is 5.39. The predicted octanol–water partition coefficient (Wildman–Crippen LogP) is 3.42. The maximum atomic E-state index is 9.96. The van der Waals surface area contributed by atoms with Gasteiger partial charge in [-0.25, -0.2) is 0 Å². The number of rotatable bonds is 5. The lowest BCUT2D eigenvalue weighted by atomic mass is 10.1. The summed E-state index contributed by atoms with van der Waals surface area (Å²) in [5.74, 6) is 0.405. The molecule has 2 aromatic carbocycles. The molecule has 1 unspecified atom stereocenters. The third kappa shape index (κ3) is 3.83. The number of phenolic OH excluding ortho intramolecular Hbond substituents is 1. The normalized spacial score (nSPS) is 12.3. The molecule has 0 amide bonds. The number of nitrogens with one attached hydrogen (secondary N) is 1. The van der Waals surface area contributed by atoms with Gasteiger partial charge in [-0.15, -0.1) is 0 Å². The van der Waals surface area contributed by atoms with Gasteiger partial charge in [-0.1, -0.05) is 48.5 Å². The van der Waals surface area contributed by atoms with Crippen LogP contribution in [0.3, 0.4) is 0 Å². The van der Waals surface area contributed by atoms with E-state index in [1.165, 1.54) is 5.56 Å². The fourth-order valence-corrected chi connectivity index (χ4v) is 2.19. The van der Waals surface area contributed by atoms with Gasteiger partial charge in [0.1, 0.15) is 5.75 Å². The Labute approximate surface area is 115 Å². The van der Waals surface area contributed by atoms with Crippen molar-refractivity contribution in [3.63, 3.8) is 0 Å². The topological polar surface area (TPSA) is 32.3 Å². The van der Waals surface area contributed by atoms with E-state index in [-0.39, 0.29) is 0 Å². The summed E-state index contributed by atoms with van der Waals surface area (Å²) in [6.45, 7) is 4.79. The van der Waals surface area contributed by atoms with Crippen LogP contribution in [0.1, 0.15) is 23.6 Å². The van der Waals surface area contributed by atoms with Crippen molar-refractivity contribution in [2.75, 3.05) is 0 Å². The first-order valence-corrected chi connectivity index (χ1v) is 6.71. The van der Waals surface area contributed by atoms with E-state index in [9.17, 15) is 5.11 Å². The van der Waals surface area contributed by atoms with Crippen molar-refractivity contribution < 1.29 is 5.11 Å². The second-order valence-corrected chi connectivity index (χ2v) is 5.05. The van der Waals surface area contributed by atoms with E-state index >= 15 is 0 Å². The number of hydrogen-bond acceptors (Lipinski definition) is 2. The van der Waals surface area contributed by atoms with Gasteiger partial charge in [-0.05, 0) is 31.4 Å². The van der Waals surface area contributed by atoms with Crippen molar-refractivity contribution in [1.29, 1.82) is 0 Å². The Morgan fingerprint density at radius 1 is 1.05 bits per heavy atom. The van der Waals surface area contributed by atoms with Crippen LogP contribution >= 0.6 is 0 Å². The van der Waals surface area contributed by atoms with Crippen LogP contribution in [0.15, 0.2) is 48.5 Å². The van der Waals surface area contributed by atoms with Gasteiger partial charge in [0.25, 0.3) is 0 Å². The van der Waals surface area contributed by atoms with Gasteiger partial charge in [0.15, 0.2) is 0 Å². The molecule has 0 aliphatic heterocycles. The largest absolute Gasteiger partial charge is 0.507 e. The first-order valence-electron chi connectivity index (χ1n) is 6.71. The van der Waals surface area contributed by atoms with E-state index < -0.39 is 0 Å². The standard InChI is InChI=1S/C17H21NO/c1-13-7-6-10-16(17(13)19)12-18-14(2)11-15-8-4-3-5-9-15/h3-10,14,18-19H,11-12H2,1-2H3. The second kappa shape index (κ2) is 6.39. The number of benzene rings is 2. The quantitative estimate of drug-likeness (QED) is 0.858. The third-order valence-corrected chi connectivity index (χ3v) is 3.35. The number of aryl methyl sites for hydroxylation is 1. The van der Waals surface area contributed by atoms with Gasteiger partial charge in [-0.2, -0.15) is 0 Å². The summed E-state index contributed by atoms with van der Waals surface area (Å²) in [5, 5.41) is 13.4. The van der Waals surface area contributed by atoms with E-state index in [0.29, 0.717) is 18.3 Å². The Kier molecular flexibility index (Phi) is 4.58. The molecular weight excluding hydrogens is 234 g/mol. The number of hydrogen-bond donors (Lipinski definition) is 2. The van der Waals surface area contributed by atoms with Crippen LogP contribution < -0.4 is 5.32 Å². The van der Waals surface area contributed by atoms with Crippen molar-refractivity contribution in [2.45, 2.75) is 32.9 Å². The fourth-order valence-electron chi connectivity index (χ4n) is 2.19. The summed E-state index contributed by atoms with van der Waals surface area (Å²) in [6.07, 6.45) is 0.993. The Bertz CT molecular complexity index is 522. The zero-order chi connectivity index (χ0) is 13.7. The number of phenols is 1. The average molecular weight is 255 g/mol. The van der Waals surface area contributed by atoms with E-state index in [4.69, 9.17) is 0 Å². The molecule has 2 nitrogen and oxygen atoms in total. The second-order valence-electron chi connectivity index (χ2n) is 5.05. The summed E-state index contributed by atoms with van der Waals surface area (Å²) in [7, 11) is 0. The van der Waals surface area contributed by atoms with Gasteiger partial charge in [-0.3, -0.25) is 0 Å². The highest BCUT2D eigenvalue weighted by Gasteiger charge is 2.06. The Hall–Kier alpha value is -1.80. The molecular formula is C17H21NO. The zero-order valence-corrected chi connectivity index (χ0v) is 11.6. The maximum absolute atomic E-state index is 9.96.